The average Bonchev–Trinajstić information content (AvgIpc) is 3.28. The minimum Gasteiger partial charge on any atom is -0.496 e. The predicted octanol–water partition coefficient (Wildman–Crippen LogP) is 4.76. The van der Waals surface area contributed by atoms with E-state index in [4.69, 9.17) is 4.74 Å². The van der Waals surface area contributed by atoms with Gasteiger partial charge in [-0.1, -0.05) is 12.1 Å². The Labute approximate surface area is 133 Å². The Morgan fingerprint density at radius 1 is 1.18 bits per heavy atom. The van der Waals surface area contributed by atoms with Crippen molar-refractivity contribution in [1.29, 1.82) is 0 Å². The van der Waals surface area contributed by atoms with Crippen LogP contribution in [0.3, 0.4) is 0 Å². The van der Waals surface area contributed by atoms with Gasteiger partial charge in [0.2, 0.25) is 0 Å². The highest BCUT2D eigenvalue weighted by molar-refractivity contribution is 7.07. The van der Waals surface area contributed by atoms with Gasteiger partial charge in [0.1, 0.15) is 5.75 Å². The normalized spacial score (nSPS) is 14.0. The van der Waals surface area contributed by atoms with Crippen LogP contribution in [0, 0.1) is 0 Å². The van der Waals surface area contributed by atoms with E-state index >= 15 is 0 Å². The first-order valence-corrected chi connectivity index (χ1v) is 8.32. The molecule has 2 heterocycles. The van der Waals surface area contributed by atoms with Gasteiger partial charge in [-0.05, 0) is 42.0 Å². The van der Waals surface area contributed by atoms with Gasteiger partial charge in [-0.15, -0.1) is 11.3 Å². The fraction of sp³-hybridized carbons (Fsp3) is 0.222. The van der Waals surface area contributed by atoms with Crippen LogP contribution in [0.15, 0.2) is 47.5 Å². The van der Waals surface area contributed by atoms with Crippen LogP contribution < -0.4 is 4.74 Å². The number of rotatable bonds is 4. The summed E-state index contributed by atoms with van der Waals surface area (Å²) in [5.74, 6) is 1.53. The molecular weight excluding hydrogens is 292 g/mol. The number of nitrogens with zero attached hydrogens (tertiary/aromatic N) is 2. The third-order valence-corrected chi connectivity index (χ3v) is 4.68. The summed E-state index contributed by atoms with van der Waals surface area (Å²) in [6.45, 7) is 0. The largest absolute Gasteiger partial charge is 0.496 e. The molecule has 0 amide bonds. The summed E-state index contributed by atoms with van der Waals surface area (Å²) in [5.41, 5.74) is 7.62. The molecule has 3 aromatic rings. The smallest absolute Gasteiger partial charge is 0.128 e. The Morgan fingerprint density at radius 3 is 2.82 bits per heavy atom. The number of pyridine rings is 1. The molecule has 0 N–H and O–H groups in total. The molecule has 22 heavy (non-hydrogen) atoms. The van der Waals surface area contributed by atoms with Crippen molar-refractivity contribution in [3.63, 3.8) is 0 Å². The van der Waals surface area contributed by atoms with Crippen LogP contribution >= 0.6 is 11.3 Å². The average molecular weight is 308 g/mol. The molecule has 0 atom stereocenters. The van der Waals surface area contributed by atoms with Gasteiger partial charge >= 0.3 is 0 Å². The van der Waals surface area contributed by atoms with Gasteiger partial charge < -0.3 is 4.74 Å². The fourth-order valence-corrected chi connectivity index (χ4v) is 3.45. The Kier molecular flexibility index (Phi) is 3.39. The maximum atomic E-state index is 5.59. The molecule has 0 saturated heterocycles. The molecular formula is C18H16N2OS. The summed E-state index contributed by atoms with van der Waals surface area (Å²) in [7, 11) is 1.71. The van der Waals surface area contributed by atoms with Gasteiger partial charge in [-0.2, -0.15) is 0 Å². The maximum absolute atomic E-state index is 5.59. The van der Waals surface area contributed by atoms with Crippen LogP contribution in [0.4, 0.5) is 0 Å². The van der Waals surface area contributed by atoms with E-state index in [1.807, 2.05) is 30.0 Å². The van der Waals surface area contributed by atoms with E-state index in [9.17, 15) is 0 Å². The highest BCUT2D eigenvalue weighted by Gasteiger charge is 2.27. The third kappa shape index (κ3) is 2.29. The van der Waals surface area contributed by atoms with Crippen molar-refractivity contribution in [2.75, 3.05) is 7.11 Å². The second-order valence-electron chi connectivity index (χ2n) is 5.49. The molecule has 0 unspecified atom stereocenters. The summed E-state index contributed by atoms with van der Waals surface area (Å²) < 4.78 is 5.59. The van der Waals surface area contributed by atoms with Crippen LogP contribution in [0.1, 0.15) is 24.3 Å². The number of ether oxygens (including phenoxy) is 1. The first-order chi connectivity index (χ1) is 10.9. The molecule has 0 aliphatic heterocycles. The predicted molar refractivity (Wildman–Crippen MR) is 89.3 cm³/mol. The number of hydrogen-bond donors (Lipinski definition) is 0. The maximum Gasteiger partial charge on any atom is 0.128 e. The standard InChI is InChI=1S/C18H16N2OS/c1-21-17-4-2-3-14(18(17)16-10-22-11-20-16)15-9-19-8-7-13(15)12-5-6-12/h2-4,7-12H,5-6H2,1H3. The fourth-order valence-electron chi connectivity index (χ4n) is 2.91. The zero-order valence-corrected chi connectivity index (χ0v) is 13.1. The Balaban J connectivity index is 1.96. The zero-order chi connectivity index (χ0) is 14.9. The number of thiazole rings is 1. The summed E-state index contributed by atoms with van der Waals surface area (Å²) in [4.78, 5) is 8.84. The van der Waals surface area contributed by atoms with Gasteiger partial charge in [-0.3, -0.25) is 4.98 Å². The van der Waals surface area contributed by atoms with Crippen molar-refractivity contribution in [3.05, 3.63) is 53.1 Å². The second kappa shape index (κ2) is 5.54. The highest BCUT2D eigenvalue weighted by atomic mass is 32.1. The minimum atomic E-state index is 0.674. The molecule has 3 nitrogen and oxygen atoms in total. The van der Waals surface area contributed by atoms with Crippen molar-refractivity contribution >= 4 is 11.3 Å². The lowest BCUT2D eigenvalue weighted by atomic mass is 9.93. The highest BCUT2D eigenvalue weighted by Crippen LogP contribution is 2.47. The Morgan fingerprint density at radius 2 is 2.09 bits per heavy atom. The van der Waals surface area contributed by atoms with Crippen LogP contribution in [-0.2, 0) is 0 Å². The van der Waals surface area contributed by atoms with Crippen molar-refractivity contribution < 1.29 is 4.74 Å². The van der Waals surface area contributed by atoms with E-state index in [1.165, 1.54) is 24.0 Å². The van der Waals surface area contributed by atoms with Crippen LogP contribution in [0.2, 0.25) is 0 Å². The lowest BCUT2D eigenvalue weighted by molar-refractivity contribution is 0.416. The van der Waals surface area contributed by atoms with E-state index in [1.54, 1.807) is 18.4 Å². The topological polar surface area (TPSA) is 35.0 Å². The minimum absolute atomic E-state index is 0.674. The van der Waals surface area contributed by atoms with Crippen molar-refractivity contribution in [3.8, 4) is 28.1 Å². The molecule has 110 valence electrons. The van der Waals surface area contributed by atoms with Crippen LogP contribution in [0.5, 0.6) is 5.75 Å². The van der Waals surface area contributed by atoms with Gasteiger partial charge in [0.05, 0.1) is 23.9 Å². The lowest BCUT2D eigenvalue weighted by Crippen LogP contribution is -1.95. The number of hydrogen-bond acceptors (Lipinski definition) is 4. The van der Waals surface area contributed by atoms with Crippen LogP contribution in [-0.4, -0.2) is 17.1 Å². The molecule has 0 spiro atoms. The first kappa shape index (κ1) is 13.5. The summed E-state index contributed by atoms with van der Waals surface area (Å²) in [5, 5.41) is 2.06. The number of benzene rings is 1. The summed E-state index contributed by atoms with van der Waals surface area (Å²) >= 11 is 1.60. The van der Waals surface area contributed by atoms with Gasteiger partial charge in [-0.25, -0.2) is 4.98 Å². The van der Waals surface area contributed by atoms with E-state index in [0.29, 0.717) is 5.92 Å². The number of aromatic nitrogens is 2. The zero-order valence-electron chi connectivity index (χ0n) is 12.3. The summed E-state index contributed by atoms with van der Waals surface area (Å²) in [6, 6.07) is 8.32. The van der Waals surface area contributed by atoms with Crippen molar-refractivity contribution in [2.24, 2.45) is 0 Å². The molecule has 2 aromatic heterocycles. The molecule has 1 fully saturated rings. The van der Waals surface area contributed by atoms with E-state index < -0.39 is 0 Å². The van der Waals surface area contributed by atoms with Gasteiger partial charge in [0, 0.05) is 23.3 Å². The number of methoxy groups -OCH3 is 1. The molecule has 1 saturated carbocycles. The van der Waals surface area contributed by atoms with E-state index in [0.717, 1.165) is 22.6 Å². The van der Waals surface area contributed by atoms with Crippen LogP contribution in [0.25, 0.3) is 22.4 Å². The molecule has 1 aliphatic rings. The van der Waals surface area contributed by atoms with Gasteiger partial charge in [0.25, 0.3) is 0 Å². The van der Waals surface area contributed by atoms with Gasteiger partial charge in [0.15, 0.2) is 0 Å². The Bertz CT molecular complexity index is 795. The Hall–Kier alpha value is -2.20. The quantitative estimate of drug-likeness (QED) is 0.697. The molecule has 1 aromatic carbocycles. The van der Waals surface area contributed by atoms with Crippen molar-refractivity contribution in [2.45, 2.75) is 18.8 Å². The molecule has 4 rings (SSSR count). The summed E-state index contributed by atoms with van der Waals surface area (Å²) in [6.07, 6.45) is 6.40. The molecule has 1 aliphatic carbocycles. The second-order valence-corrected chi connectivity index (χ2v) is 6.21. The lowest BCUT2D eigenvalue weighted by Gasteiger charge is -2.15. The molecule has 4 heteroatoms. The van der Waals surface area contributed by atoms with Crippen molar-refractivity contribution in [1.82, 2.24) is 9.97 Å². The third-order valence-electron chi connectivity index (χ3n) is 4.10. The van der Waals surface area contributed by atoms with E-state index in [-0.39, 0.29) is 0 Å². The molecule has 0 bridgehead atoms. The molecule has 0 radical (unpaired) electrons. The SMILES string of the molecule is COc1cccc(-c2cnccc2C2CC2)c1-c1cscn1. The first-order valence-electron chi connectivity index (χ1n) is 7.38. The monoisotopic (exact) mass is 308 g/mol. The van der Waals surface area contributed by atoms with E-state index in [2.05, 4.69) is 27.5 Å².